The second kappa shape index (κ2) is 6.89. The van der Waals surface area contributed by atoms with Crippen molar-refractivity contribution < 1.29 is 13.5 Å². The van der Waals surface area contributed by atoms with Crippen molar-refractivity contribution in [3.63, 3.8) is 0 Å². The van der Waals surface area contributed by atoms with Gasteiger partial charge in [-0.25, -0.2) is 18.1 Å². The van der Waals surface area contributed by atoms with Gasteiger partial charge in [-0.05, 0) is 42.5 Å². The molecule has 160 valence electrons. The molecule has 1 saturated carbocycles. The summed E-state index contributed by atoms with van der Waals surface area (Å²) in [5.74, 6) is 0.915. The van der Waals surface area contributed by atoms with Crippen molar-refractivity contribution in [3.05, 3.63) is 60.7 Å². The number of aryl methyl sites for hydroxylation is 1. The van der Waals surface area contributed by atoms with Crippen LogP contribution in [0.5, 0.6) is 0 Å². The zero-order valence-electron chi connectivity index (χ0n) is 17.1. The van der Waals surface area contributed by atoms with Crippen LogP contribution in [-0.2, 0) is 22.7 Å². The van der Waals surface area contributed by atoms with Crippen LogP contribution in [0, 0.1) is 5.92 Å². The van der Waals surface area contributed by atoms with Crippen molar-refractivity contribution in [2.24, 2.45) is 13.0 Å². The summed E-state index contributed by atoms with van der Waals surface area (Å²) in [6, 6.07) is 8.86. The maximum absolute atomic E-state index is 13.0. The Morgan fingerprint density at radius 2 is 2.00 bits per heavy atom. The number of hydrogen-bond acceptors (Lipinski definition) is 6. The Morgan fingerprint density at radius 1 is 1.19 bits per heavy atom. The van der Waals surface area contributed by atoms with Crippen LogP contribution >= 0.6 is 0 Å². The molecule has 1 aliphatic carbocycles. The Hall–Kier alpha value is -3.24. The molecule has 3 heterocycles. The van der Waals surface area contributed by atoms with Crippen LogP contribution < -0.4 is 4.72 Å². The zero-order chi connectivity index (χ0) is 21.8. The quantitative estimate of drug-likeness (QED) is 0.495. The van der Waals surface area contributed by atoms with Gasteiger partial charge >= 0.3 is 0 Å². The van der Waals surface area contributed by atoms with Crippen LogP contribution in [0.2, 0.25) is 0 Å². The number of aromatic nitrogens is 5. The SMILES string of the molecule is CC1CC(O)(c2ccnc(-n3cc(S(=O)(=O)Nc4cccc5cnn(C)c45)cn3)c2)C1. The van der Waals surface area contributed by atoms with Crippen molar-refractivity contribution >= 4 is 26.6 Å². The molecule has 10 heteroatoms. The molecule has 0 radical (unpaired) electrons. The second-order valence-electron chi connectivity index (χ2n) is 8.19. The minimum Gasteiger partial charge on any atom is -0.385 e. The van der Waals surface area contributed by atoms with E-state index in [0.717, 1.165) is 10.9 Å². The third-order valence-electron chi connectivity index (χ3n) is 5.76. The standard InChI is InChI=1S/C21H22N6O3S/c1-14-9-21(28,10-14)16-6-7-22-19(8-16)27-13-17(12-24-27)31(29,30)25-18-5-3-4-15-11-23-26(2)20(15)18/h3-8,11-14,25,28H,9-10H2,1-2H3. The number of sulfonamides is 1. The summed E-state index contributed by atoms with van der Waals surface area (Å²) in [6.45, 7) is 2.10. The monoisotopic (exact) mass is 438 g/mol. The molecular formula is C21H22N6O3S. The third-order valence-corrected chi connectivity index (χ3v) is 7.08. The highest BCUT2D eigenvalue weighted by atomic mass is 32.2. The van der Waals surface area contributed by atoms with Gasteiger partial charge in [0.2, 0.25) is 0 Å². The van der Waals surface area contributed by atoms with Crippen molar-refractivity contribution in [2.75, 3.05) is 4.72 Å². The van der Waals surface area contributed by atoms with E-state index >= 15 is 0 Å². The maximum atomic E-state index is 13.0. The number of nitrogens with zero attached hydrogens (tertiary/aromatic N) is 5. The fourth-order valence-electron chi connectivity index (χ4n) is 4.25. The van der Waals surface area contributed by atoms with Gasteiger partial charge < -0.3 is 5.11 Å². The minimum atomic E-state index is -3.88. The topological polar surface area (TPSA) is 115 Å². The van der Waals surface area contributed by atoms with Gasteiger partial charge in [0.15, 0.2) is 5.82 Å². The molecule has 0 spiro atoms. The number of benzene rings is 1. The number of fused-ring (bicyclic) bond motifs is 1. The van der Waals surface area contributed by atoms with Crippen molar-refractivity contribution in [2.45, 2.75) is 30.3 Å². The Balaban J connectivity index is 1.44. The predicted octanol–water partition coefficient (Wildman–Crippen LogP) is 2.57. The Bertz CT molecular complexity index is 1390. The molecule has 4 aromatic rings. The van der Waals surface area contributed by atoms with Crippen molar-refractivity contribution in [1.82, 2.24) is 24.5 Å². The molecule has 5 rings (SSSR count). The third kappa shape index (κ3) is 3.37. The number of pyridine rings is 1. The summed E-state index contributed by atoms with van der Waals surface area (Å²) in [5.41, 5.74) is 1.03. The van der Waals surface area contributed by atoms with E-state index in [9.17, 15) is 13.5 Å². The Kier molecular flexibility index (Phi) is 4.38. The first-order valence-corrected chi connectivity index (χ1v) is 11.4. The molecule has 3 aromatic heterocycles. The fourth-order valence-corrected chi connectivity index (χ4v) is 5.25. The van der Waals surface area contributed by atoms with Gasteiger partial charge in [0.05, 0.1) is 35.4 Å². The highest BCUT2D eigenvalue weighted by Gasteiger charge is 2.41. The van der Waals surface area contributed by atoms with Gasteiger partial charge in [-0.15, -0.1) is 0 Å². The van der Waals surface area contributed by atoms with E-state index in [4.69, 9.17) is 0 Å². The lowest BCUT2D eigenvalue weighted by atomic mass is 9.68. The summed E-state index contributed by atoms with van der Waals surface area (Å²) in [5, 5.41) is 19.9. The lowest BCUT2D eigenvalue weighted by molar-refractivity contribution is -0.0739. The summed E-state index contributed by atoms with van der Waals surface area (Å²) in [6.07, 6.45) is 7.35. The number of anilines is 1. The molecule has 0 amide bonds. The molecule has 1 aromatic carbocycles. The molecule has 0 aliphatic heterocycles. The minimum absolute atomic E-state index is 0.00912. The highest BCUT2D eigenvalue weighted by Crippen LogP contribution is 2.45. The summed E-state index contributed by atoms with van der Waals surface area (Å²) < 4.78 is 31.6. The number of para-hydroxylation sites is 1. The van der Waals surface area contributed by atoms with Crippen LogP contribution in [0.3, 0.4) is 0 Å². The van der Waals surface area contributed by atoms with Gasteiger partial charge in [0.1, 0.15) is 4.90 Å². The van der Waals surface area contributed by atoms with Crippen LogP contribution in [-0.4, -0.2) is 38.1 Å². The number of aliphatic hydroxyl groups is 1. The normalized spacial score (nSPS) is 21.2. The summed E-state index contributed by atoms with van der Waals surface area (Å²) >= 11 is 0. The predicted molar refractivity (Wildman–Crippen MR) is 115 cm³/mol. The van der Waals surface area contributed by atoms with Gasteiger partial charge in [-0.2, -0.15) is 10.2 Å². The van der Waals surface area contributed by atoms with E-state index in [2.05, 4.69) is 26.8 Å². The van der Waals surface area contributed by atoms with E-state index < -0.39 is 15.6 Å². The first-order valence-electron chi connectivity index (χ1n) is 9.93. The molecule has 0 saturated heterocycles. The number of nitrogens with one attached hydrogen (secondary N) is 1. The Morgan fingerprint density at radius 3 is 2.77 bits per heavy atom. The second-order valence-corrected chi connectivity index (χ2v) is 9.87. The largest absolute Gasteiger partial charge is 0.385 e. The van der Waals surface area contributed by atoms with E-state index in [1.807, 2.05) is 6.07 Å². The maximum Gasteiger partial charge on any atom is 0.265 e. The van der Waals surface area contributed by atoms with E-state index in [0.29, 0.717) is 35.8 Å². The van der Waals surface area contributed by atoms with Crippen LogP contribution in [0.25, 0.3) is 16.7 Å². The van der Waals surface area contributed by atoms with Gasteiger partial charge in [0.25, 0.3) is 10.0 Å². The smallest absolute Gasteiger partial charge is 0.265 e. The molecule has 1 fully saturated rings. The summed E-state index contributed by atoms with van der Waals surface area (Å²) in [7, 11) is -2.12. The summed E-state index contributed by atoms with van der Waals surface area (Å²) in [4.78, 5) is 4.30. The van der Waals surface area contributed by atoms with Crippen LogP contribution in [0.15, 0.2) is 60.0 Å². The number of hydrogen-bond donors (Lipinski definition) is 2. The lowest BCUT2D eigenvalue weighted by Gasteiger charge is -2.42. The van der Waals surface area contributed by atoms with Crippen molar-refractivity contribution in [1.29, 1.82) is 0 Å². The molecular weight excluding hydrogens is 416 g/mol. The molecule has 9 nitrogen and oxygen atoms in total. The molecule has 2 N–H and O–H groups in total. The highest BCUT2D eigenvalue weighted by molar-refractivity contribution is 7.92. The molecule has 0 bridgehead atoms. The van der Waals surface area contributed by atoms with Gasteiger partial charge in [-0.1, -0.05) is 19.1 Å². The van der Waals surface area contributed by atoms with Gasteiger partial charge in [-0.3, -0.25) is 9.40 Å². The van der Waals surface area contributed by atoms with E-state index in [1.165, 1.54) is 17.1 Å². The zero-order valence-corrected chi connectivity index (χ0v) is 17.9. The molecule has 0 atom stereocenters. The van der Waals surface area contributed by atoms with Crippen molar-refractivity contribution in [3.8, 4) is 5.82 Å². The van der Waals surface area contributed by atoms with Crippen LogP contribution in [0.1, 0.15) is 25.3 Å². The molecule has 1 aliphatic rings. The van der Waals surface area contributed by atoms with Gasteiger partial charge in [0, 0.05) is 18.6 Å². The first kappa shape index (κ1) is 19.7. The lowest BCUT2D eigenvalue weighted by Crippen LogP contribution is -2.39. The Labute approximate surface area is 179 Å². The molecule has 0 unspecified atom stereocenters. The average Bonchev–Trinajstić information content (AvgIpc) is 3.35. The fraction of sp³-hybridized carbons (Fsp3) is 0.286. The average molecular weight is 439 g/mol. The van der Waals surface area contributed by atoms with Crippen LogP contribution in [0.4, 0.5) is 5.69 Å². The number of rotatable bonds is 5. The van der Waals surface area contributed by atoms with E-state index in [1.54, 1.807) is 48.4 Å². The first-order chi connectivity index (χ1) is 14.7. The molecule has 31 heavy (non-hydrogen) atoms. The van der Waals surface area contributed by atoms with E-state index in [-0.39, 0.29) is 4.90 Å².